The third-order valence-corrected chi connectivity index (χ3v) is 5.34. The molecule has 0 spiro atoms. The van der Waals surface area contributed by atoms with Crippen LogP contribution in [0.2, 0.25) is 0 Å². The molecule has 2 aromatic carbocycles. The molecule has 0 unspecified atom stereocenters. The molecule has 7 heteroatoms. The molecule has 0 radical (unpaired) electrons. The number of hydrogen-bond acceptors (Lipinski definition) is 5. The number of benzene rings is 2. The van der Waals surface area contributed by atoms with Gasteiger partial charge in [-0.25, -0.2) is 4.39 Å². The normalized spacial score (nSPS) is 10.4. The van der Waals surface area contributed by atoms with Crippen molar-refractivity contribution in [1.29, 1.82) is 5.26 Å². The fraction of sp³-hybridized carbons (Fsp3) is 0.111. The van der Waals surface area contributed by atoms with Gasteiger partial charge in [0.2, 0.25) is 6.41 Å². The van der Waals surface area contributed by atoms with Gasteiger partial charge in [-0.3, -0.25) is 14.8 Å². The van der Waals surface area contributed by atoms with Crippen molar-refractivity contribution in [2.75, 3.05) is 16.8 Å². The quantitative estimate of drug-likeness (QED) is 0.363. The van der Waals surface area contributed by atoms with Crippen LogP contribution in [-0.2, 0) is 17.8 Å². The van der Waals surface area contributed by atoms with Crippen molar-refractivity contribution < 1.29 is 9.18 Å². The van der Waals surface area contributed by atoms with Gasteiger partial charge in [-0.05, 0) is 47.9 Å². The van der Waals surface area contributed by atoms with Crippen LogP contribution >= 0.6 is 0 Å². The molecule has 6 nitrogen and oxygen atoms in total. The Kier molecular flexibility index (Phi) is 7.21. The lowest BCUT2D eigenvalue weighted by Gasteiger charge is -2.22. The minimum atomic E-state index is -0.277. The number of carbonyl (C=O) groups is 1. The second kappa shape index (κ2) is 10.8. The van der Waals surface area contributed by atoms with E-state index in [-0.39, 0.29) is 5.82 Å². The Morgan fingerprint density at radius 1 is 1.03 bits per heavy atom. The van der Waals surface area contributed by atoms with Crippen LogP contribution in [0.1, 0.15) is 16.7 Å². The average Bonchev–Trinajstić information content (AvgIpc) is 2.88. The highest BCUT2D eigenvalue weighted by atomic mass is 19.1. The van der Waals surface area contributed by atoms with E-state index in [0.29, 0.717) is 47.7 Å². The Bertz CT molecular complexity index is 1320. The number of nitrogens with one attached hydrogen (secondary N) is 1. The number of anilines is 2. The third-order valence-electron chi connectivity index (χ3n) is 5.34. The molecule has 0 atom stereocenters. The summed E-state index contributed by atoms with van der Waals surface area (Å²) in [6.45, 7) is 0.838. The number of halogens is 1. The number of nitriles is 1. The van der Waals surface area contributed by atoms with Crippen molar-refractivity contribution in [3.63, 3.8) is 0 Å². The number of rotatable bonds is 9. The van der Waals surface area contributed by atoms with E-state index >= 15 is 0 Å². The minimum Gasteiger partial charge on any atom is -0.383 e. The van der Waals surface area contributed by atoms with Crippen LogP contribution in [-0.4, -0.2) is 22.9 Å². The van der Waals surface area contributed by atoms with Gasteiger partial charge in [0, 0.05) is 24.5 Å². The summed E-state index contributed by atoms with van der Waals surface area (Å²) >= 11 is 0. The standard InChI is InChI=1S/C27H22FN5O/c28-23-8-3-5-20(13-23)10-12-31-26-14-25(24-9-2-1-7-22(24)15-29)32-17-27(26)33(19-34)18-21-6-4-11-30-16-21/h1-9,11,13-14,16-17,19H,10,12,18H2,(H,31,32). The van der Waals surface area contributed by atoms with Crippen LogP contribution in [0.5, 0.6) is 0 Å². The molecule has 4 aromatic rings. The fourth-order valence-corrected chi connectivity index (χ4v) is 3.67. The molecule has 1 amide bonds. The van der Waals surface area contributed by atoms with Crippen molar-refractivity contribution in [2.24, 2.45) is 0 Å². The Balaban J connectivity index is 1.66. The molecule has 2 heterocycles. The number of hydrogen-bond donors (Lipinski definition) is 1. The maximum Gasteiger partial charge on any atom is 0.214 e. The van der Waals surface area contributed by atoms with E-state index in [1.807, 2.05) is 36.4 Å². The van der Waals surface area contributed by atoms with Crippen LogP contribution in [0.15, 0.2) is 85.3 Å². The third kappa shape index (κ3) is 5.43. The summed E-state index contributed by atoms with van der Waals surface area (Å²) in [5, 5.41) is 12.9. The van der Waals surface area contributed by atoms with E-state index < -0.39 is 0 Å². The zero-order valence-electron chi connectivity index (χ0n) is 18.4. The van der Waals surface area contributed by atoms with E-state index in [1.54, 1.807) is 41.7 Å². The summed E-state index contributed by atoms with van der Waals surface area (Å²) < 4.78 is 13.5. The summed E-state index contributed by atoms with van der Waals surface area (Å²) in [6.07, 6.45) is 6.35. The smallest absolute Gasteiger partial charge is 0.214 e. The molecule has 168 valence electrons. The molecular formula is C27H22FN5O. The number of carbonyl (C=O) groups excluding carboxylic acids is 1. The van der Waals surface area contributed by atoms with Crippen LogP contribution < -0.4 is 10.2 Å². The van der Waals surface area contributed by atoms with Crippen molar-refractivity contribution in [3.8, 4) is 17.3 Å². The maximum absolute atomic E-state index is 13.5. The summed E-state index contributed by atoms with van der Waals surface area (Å²) in [6, 6.07) is 21.4. The molecular weight excluding hydrogens is 429 g/mol. The van der Waals surface area contributed by atoms with Crippen LogP contribution in [0.4, 0.5) is 15.8 Å². The van der Waals surface area contributed by atoms with Crippen LogP contribution in [0.25, 0.3) is 11.3 Å². The number of nitrogens with zero attached hydrogens (tertiary/aromatic N) is 4. The van der Waals surface area contributed by atoms with Crippen molar-refractivity contribution in [2.45, 2.75) is 13.0 Å². The average molecular weight is 452 g/mol. The molecule has 0 aliphatic rings. The van der Waals surface area contributed by atoms with Crippen molar-refractivity contribution in [1.82, 2.24) is 9.97 Å². The summed E-state index contributed by atoms with van der Waals surface area (Å²) in [7, 11) is 0. The molecule has 2 aromatic heterocycles. The number of pyridine rings is 2. The monoisotopic (exact) mass is 451 g/mol. The topological polar surface area (TPSA) is 81.9 Å². The molecule has 0 aliphatic heterocycles. The number of aromatic nitrogens is 2. The second-order valence-electron chi connectivity index (χ2n) is 7.65. The van der Waals surface area contributed by atoms with Gasteiger partial charge in [0.1, 0.15) is 5.82 Å². The maximum atomic E-state index is 13.5. The molecule has 4 rings (SSSR count). The second-order valence-corrected chi connectivity index (χ2v) is 7.65. The van der Waals surface area contributed by atoms with Crippen molar-refractivity contribution in [3.05, 3.63) is 108 Å². The highest BCUT2D eigenvalue weighted by Gasteiger charge is 2.15. The molecule has 0 saturated carbocycles. The lowest BCUT2D eigenvalue weighted by molar-refractivity contribution is -0.107. The van der Waals surface area contributed by atoms with E-state index in [1.165, 1.54) is 12.1 Å². The first-order chi connectivity index (χ1) is 16.7. The first kappa shape index (κ1) is 22.6. The minimum absolute atomic E-state index is 0.277. The predicted octanol–water partition coefficient (Wildman–Crippen LogP) is 4.97. The zero-order chi connectivity index (χ0) is 23.8. The van der Waals surface area contributed by atoms with E-state index in [4.69, 9.17) is 0 Å². The highest BCUT2D eigenvalue weighted by Crippen LogP contribution is 2.31. The van der Waals surface area contributed by atoms with Crippen molar-refractivity contribution >= 4 is 17.8 Å². The Morgan fingerprint density at radius 3 is 2.65 bits per heavy atom. The first-order valence-electron chi connectivity index (χ1n) is 10.8. The van der Waals surface area contributed by atoms with Gasteiger partial charge >= 0.3 is 0 Å². The number of amides is 1. The van der Waals surface area contributed by atoms with E-state index in [2.05, 4.69) is 21.4 Å². The SMILES string of the molecule is N#Cc1ccccc1-c1cc(NCCc2cccc(F)c2)c(N(C=O)Cc2cccnc2)cn1. The van der Waals surface area contributed by atoms with E-state index in [0.717, 1.165) is 17.5 Å². The fourth-order valence-electron chi connectivity index (χ4n) is 3.67. The van der Waals surface area contributed by atoms with Gasteiger partial charge in [-0.15, -0.1) is 0 Å². The zero-order valence-corrected chi connectivity index (χ0v) is 18.4. The molecule has 0 aliphatic carbocycles. The van der Waals surface area contributed by atoms with Gasteiger partial charge < -0.3 is 10.2 Å². The Morgan fingerprint density at radius 2 is 1.88 bits per heavy atom. The van der Waals surface area contributed by atoms with Crippen LogP contribution in [0.3, 0.4) is 0 Å². The molecule has 0 bridgehead atoms. The highest BCUT2D eigenvalue weighted by molar-refractivity contribution is 5.85. The molecule has 1 N–H and O–H groups in total. The molecule has 34 heavy (non-hydrogen) atoms. The van der Waals surface area contributed by atoms with Gasteiger partial charge in [0.05, 0.1) is 41.4 Å². The van der Waals surface area contributed by atoms with E-state index in [9.17, 15) is 14.4 Å². The van der Waals surface area contributed by atoms with Crippen LogP contribution in [0, 0.1) is 17.1 Å². The Labute approximate surface area is 197 Å². The van der Waals surface area contributed by atoms with Gasteiger partial charge in [0.25, 0.3) is 0 Å². The largest absolute Gasteiger partial charge is 0.383 e. The lowest BCUT2D eigenvalue weighted by atomic mass is 10.0. The predicted molar refractivity (Wildman–Crippen MR) is 129 cm³/mol. The summed E-state index contributed by atoms with van der Waals surface area (Å²) in [4.78, 5) is 22.2. The lowest BCUT2D eigenvalue weighted by Crippen LogP contribution is -2.22. The van der Waals surface area contributed by atoms with Gasteiger partial charge in [0.15, 0.2) is 0 Å². The van der Waals surface area contributed by atoms with Gasteiger partial charge in [-0.1, -0.05) is 36.4 Å². The first-order valence-corrected chi connectivity index (χ1v) is 10.8. The summed E-state index contributed by atoms with van der Waals surface area (Å²) in [5.74, 6) is -0.277. The molecule has 0 saturated heterocycles. The van der Waals surface area contributed by atoms with Gasteiger partial charge in [-0.2, -0.15) is 5.26 Å². The Hall–Kier alpha value is -4.57. The summed E-state index contributed by atoms with van der Waals surface area (Å²) in [5.41, 5.74) is 4.84. The molecule has 0 fully saturated rings.